The highest BCUT2D eigenvalue weighted by Gasteiger charge is 2.49. The van der Waals surface area contributed by atoms with Crippen LogP contribution in [0.25, 0.3) is 0 Å². The summed E-state index contributed by atoms with van der Waals surface area (Å²) in [6.45, 7) is 8.28. The van der Waals surface area contributed by atoms with Gasteiger partial charge in [-0.25, -0.2) is 0 Å². The van der Waals surface area contributed by atoms with E-state index in [9.17, 15) is 0 Å². The van der Waals surface area contributed by atoms with E-state index in [0.29, 0.717) is 13.2 Å². The Morgan fingerprint density at radius 1 is 0.875 bits per heavy atom. The topological polar surface area (TPSA) is 36.9 Å². The van der Waals surface area contributed by atoms with Gasteiger partial charge in [-0.1, -0.05) is 64.7 Å². The highest BCUT2D eigenvalue weighted by Crippen LogP contribution is 2.35. The second-order valence-corrected chi connectivity index (χ2v) is 7.77. The Labute approximate surface area is 148 Å². The molecule has 0 aromatic rings. The molecule has 2 aliphatic heterocycles. The molecular formula is C20H38O4. The van der Waals surface area contributed by atoms with E-state index in [1.807, 2.05) is 13.8 Å². The molecule has 2 fully saturated rings. The fraction of sp³-hybridized carbons (Fsp3) is 1.00. The molecule has 2 heterocycles. The smallest absolute Gasteiger partial charge is 0.164 e. The van der Waals surface area contributed by atoms with Gasteiger partial charge in [-0.2, -0.15) is 0 Å². The number of hydrogen-bond donors (Lipinski definition) is 0. The normalized spacial score (nSPS) is 28.4. The van der Waals surface area contributed by atoms with Gasteiger partial charge in [0.2, 0.25) is 0 Å². The molecule has 4 nitrogen and oxygen atoms in total. The maximum absolute atomic E-state index is 5.92. The molecule has 4 heteroatoms. The SMILES string of the molecule is CCCCCCCCCCCCOCC1OCC2OC(C)(C)OC12. The molecule has 0 aromatic carbocycles. The Kier molecular flexibility index (Phi) is 9.02. The minimum Gasteiger partial charge on any atom is -0.379 e. The molecule has 142 valence electrons. The van der Waals surface area contributed by atoms with Gasteiger partial charge in [-0.15, -0.1) is 0 Å². The first-order valence-corrected chi connectivity index (χ1v) is 10.2. The first kappa shape index (κ1) is 20.2. The van der Waals surface area contributed by atoms with Crippen LogP contribution in [0.4, 0.5) is 0 Å². The van der Waals surface area contributed by atoms with Crippen molar-refractivity contribution in [2.45, 2.75) is 109 Å². The summed E-state index contributed by atoms with van der Waals surface area (Å²) in [7, 11) is 0. The molecule has 0 radical (unpaired) electrons. The zero-order chi connectivity index (χ0) is 17.3. The van der Waals surface area contributed by atoms with Gasteiger partial charge in [0.05, 0.1) is 13.2 Å². The standard InChI is InChI=1S/C20H38O4/c1-4-5-6-7-8-9-10-11-12-13-14-21-15-17-19-18(16-22-17)23-20(2,3)24-19/h17-19H,4-16H2,1-3H3. The van der Waals surface area contributed by atoms with Gasteiger partial charge < -0.3 is 18.9 Å². The fourth-order valence-electron chi connectivity index (χ4n) is 3.65. The Balaban J connectivity index is 1.38. The molecule has 3 atom stereocenters. The van der Waals surface area contributed by atoms with Gasteiger partial charge in [0.25, 0.3) is 0 Å². The summed E-state index contributed by atoms with van der Waals surface area (Å²) < 4.78 is 23.3. The Bertz CT molecular complexity index is 332. The predicted octanol–water partition coefficient (Wildman–Crippen LogP) is 4.84. The van der Waals surface area contributed by atoms with Gasteiger partial charge in [0, 0.05) is 6.61 Å². The van der Waals surface area contributed by atoms with Crippen molar-refractivity contribution in [1.82, 2.24) is 0 Å². The van der Waals surface area contributed by atoms with Crippen LogP contribution < -0.4 is 0 Å². The first-order chi connectivity index (χ1) is 11.6. The Morgan fingerprint density at radius 2 is 1.50 bits per heavy atom. The summed E-state index contributed by atoms with van der Waals surface area (Å²) in [6.07, 6.45) is 13.7. The van der Waals surface area contributed by atoms with E-state index in [1.165, 1.54) is 57.8 Å². The van der Waals surface area contributed by atoms with Crippen LogP contribution in [0.15, 0.2) is 0 Å². The lowest BCUT2D eigenvalue weighted by Gasteiger charge is -2.21. The molecule has 0 N–H and O–H groups in total. The molecular weight excluding hydrogens is 304 g/mol. The lowest BCUT2D eigenvalue weighted by molar-refractivity contribution is -0.179. The summed E-state index contributed by atoms with van der Waals surface area (Å²) in [5.41, 5.74) is 0. The van der Waals surface area contributed by atoms with Crippen LogP contribution in [0.2, 0.25) is 0 Å². The molecule has 2 aliphatic rings. The van der Waals surface area contributed by atoms with Crippen LogP contribution in [-0.2, 0) is 18.9 Å². The summed E-state index contributed by atoms with van der Waals surface area (Å²) in [6, 6.07) is 0. The van der Waals surface area contributed by atoms with Crippen molar-refractivity contribution in [2.75, 3.05) is 19.8 Å². The van der Waals surface area contributed by atoms with Crippen LogP contribution in [0.1, 0.15) is 85.0 Å². The van der Waals surface area contributed by atoms with Gasteiger partial charge in [0.15, 0.2) is 5.79 Å². The van der Waals surface area contributed by atoms with Crippen molar-refractivity contribution in [2.24, 2.45) is 0 Å². The van der Waals surface area contributed by atoms with E-state index in [4.69, 9.17) is 18.9 Å². The number of fused-ring (bicyclic) bond motifs is 1. The third-order valence-corrected chi connectivity index (χ3v) is 4.99. The molecule has 0 bridgehead atoms. The molecule has 24 heavy (non-hydrogen) atoms. The van der Waals surface area contributed by atoms with Gasteiger partial charge >= 0.3 is 0 Å². The molecule has 3 unspecified atom stereocenters. The van der Waals surface area contributed by atoms with Gasteiger partial charge in [-0.05, 0) is 20.3 Å². The minimum absolute atomic E-state index is 0.0277. The van der Waals surface area contributed by atoms with Crippen molar-refractivity contribution >= 4 is 0 Å². The number of rotatable bonds is 13. The highest BCUT2D eigenvalue weighted by atomic mass is 16.8. The van der Waals surface area contributed by atoms with Crippen LogP contribution in [0, 0.1) is 0 Å². The summed E-state index contributed by atoms with van der Waals surface area (Å²) in [5, 5.41) is 0. The molecule has 2 rings (SSSR count). The largest absolute Gasteiger partial charge is 0.379 e. The maximum atomic E-state index is 5.92. The van der Waals surface area contributed by atoms with E-state index in [-0.39, 0.29) is 18.3 Å². The summed E-state index contributed by atoms with van der Waals surface area (Å²) in [5.74, 6) is -0.478. The number of hydrogen-bond acceptors (Lipinski definition) is 4. The third kappa shape index (κ3) is 6.99. The fourth-order valence-corrected chi connectivity index (χ4v) is 3.65. The highest BCUT2D eigenvalue weighted by molar-refractivity contribution is 4.92. The monoisotopic (exact) mass is 342 g/mol. The van der Waals surface area contributed by atoms with Crippen molar-refractivity contribution in [3.8, 4) is 0 Å². The van der Waals surface area contributed by atoms with Crippen LogP contribution in [0.5, 0.6) is 0 Å². The van der Waals surface area contributed by atoms with E-state index in [2.05, 4.69) is 6.92 Å². The van der Waals surface area contributed by atoms with E-state index in [0.717, 1.165) is 13.0 Å². The second kappa shape index (κ2) is 10.7. The molecule has 0 spiro atoms. The molecule has 0 amide bonds. The summed E-state index contributed by atoms with van der Waals surface area (Å²) in [4.78, 5) is 0. The van der Waals surface area contributed by atoms with Crippen molar-refractivity contribution < 1.29 is 18.9 Å². The predicted molar refractivity (Wildman–Crippen MR) is 96.2 cm³/mol. The quantitative estimate of drug-likeness (QED) is 0.449. The van der Waals surface area contributed by atoms with Crippen molar-refractivity contribution in [1.29, 1.82) is 0 Å². The molecule has 0 aliphatic carbocycles. The minimum atomic E-state index is -0.478. The average Bonchev–Trinajstić information content (AvgIpc) is 3.04. The number of ether oxygens (including phenoxy) is 4. The van der Waals surface area contributed by atoms with E-state index in [1.54, 1.807) is 0 Å². The van der Waals surface area contributed by atoms with E-state index >= 15 is 0 Å². The lowest BCUT2D eigenvalue weighted by Crippen LogP contribution is -2.33. The van der Waals surface area contributed by atoms with Crippen LogP contribution in [-0.4, -0.2) is 43.9 Å². The molecule has 0 aromatic heterocycles. The zero-order valence-electron chi connectivity index (χ0n) is 16.1. The first-order valence-electron chi connectivity index (χ1n) is 10.2. The summed E-state index contributed by atoms with van der Waals surface area (Å²) >= 11 is 0. The van der Waals surface area contributed by atoms with E-state index < -0.39 is 5.79 Å². The van der Waals surface area contributed by atoms with Gasteiger partial charge in [-0.3, -0.25) is 0 Å². The Hall–Kier alpha value is -0.160. The zero-order valence-corrected chi connectivity index (χ0v) is 16.1. The van der Waals surface area contributed by atoms with Crippen molar-refractivity contribution in [3.05, 3.63) is 0 Å². The third-order valence-electron chi connectivity index (χ3n) is 4.99. The van der Waals surface area contributed by atoms with Crippen molar-refractivity contribution in [3.63, 3.8) is 0 Å². The molecule has 2 saturated heterocycles. The van der Waals surface area contributed by atoms with Crippen LogP contribution in [0.3, 0.4) is 0 Å². The average molecular weight is 343 g/mol. The lowest BCUT2D eigenvalue weighted by atomic mass is 10.1. The number of unbranched alkanes of at least 4 members (excludes halogenated alkanes) is 9. The Morgan fingerprint density at radius 3 is 2.17 bits per heavy atom. The van der Waals surface area contributed by atoms with Crippen LogP contribution >= 0.6 is 0 Å². The maximum Gasteiger partial charge on any atom is 0.164 e. The molecule has 0 saturated carbocycles. The second-order valence-electron chi connectivity index (χ2n) is 7.77. The van der Waals surface area contributed by atoms with Gasteiger partial charge in [0.1, 0.15) is 18.3 Å².